The highest BCUT2D eigenvalue weighted by molar-refractivity contribution is 5.34. The fraction of sp³-hybridized carbons (Fsp3) is 0.562. The fourth-order valence-electron chi connectivity index (χ4n) is 3.02. The van der Waals surface area contributed by atoms with Gasteiger partial charge >= 0.3 is 0 Å². The van der Waals surface area contributed by atoms with Gasteiger partial charge in [-0.05, 0) is 42.4 Å². The molecule has 2 rings (SSSR count). The molecule has 1 aliphatic rings. The van der Waals surface area contributed by atoms with Crippen LogP contribution in [0.4, 0.5) is 4.39 Å². The van der Waals surface area contributed by atoms with Gasteiger partial charge in [0.25, 0.3) is 0 Å². The lowest BCUT2D eigenvalue weighted by Crippen LogP contribution is -2.31. The van der Waals surface area contributed by atoms with E-state index < -0.39 is 5.82 Å². The Morgan fingerprint density at radius 1 is 1.37 bits per heavy atom. The first-order chi connectivity index (χ1) is 9.19. The van der Waals surface area contributed by atoms with Crippen LogP contribution in [0.15, 0.2) is 18.2 Å². The summed E-state index contributed by atoms with van der Waals surface area (Å²) in [4.78, 5) is 0. The molecular formula is C16H21FN2. The summed E-state index contributed by atoms with van der Waals surface area (Å²) in [6.45, 7) is 3.98. The quantitative estimate of drug-likeness (QED) is 0.875. The summed E-state index contributed by atoms with van der Waals surface area (Å²) in [7, 11) is 0. The Morgan fingerprint density at radius 3 is 2.74 bits per heavy atom. The first-order valence-electron chi connectivity index (χ1n) is 7.08. The third-order valence-corrected chi connectivity index (χ3v) is 4.39. The van der Waals surface area contributed by atoms with Gasteiger partial charge in [0.1, 0.15) is 11.9 Å². The zero-order valence-electron chi connectivity index (χ0n) is 11.5. The third kappa shape index (κ3) is 3.33. The molecule has 0 aromatic heterocycles. The molecular weight excluding hydrogens is 239 g/mol. The van der Waals surface area contributed by atoms with Crippen molar-refractivity contribution < 1.29 is 4.39 Å². The third-order valence-electron chi connectivity index (χ3n) is 4.39. The van der Waals surface area contributed by atoms with Gasteiger partial charge in [-0.25, -0.2) is 4.39 Å². The molecule has 19 heavy (non-hydrogen) atoms. The van der Waals surface area contributed by atoms with E-state index in [4.69, 9.17) is 5.26 Å². The van der Waals surface area contributed by atoms with E-state index >= 15 is 0 Å². The van der Waals surface area contributed by atoms with Crippen molar-refractivity contribution in [1.29, 1.82) is 5.26 Å². The Bertz CT molecular complexity index is 470. The van der Waals surface area contributed by atoms with Crippen LogP contribution in [0.25, 0.3) is 0 Å². The standard InChI is InChI=1S/C16H21FN2/c1-2-16(7-3-4-8-16)12-19-11-13-5-6-15(17)14(9-13)10-18/h5-6,9,19H,2-4,7-8,11-12H2,1H3. The van der Waals surface area contributed by atoms with Gasteiger partial charge in [-0.15, -0.1) is 0 Å². The van der Waals surface area contributed by atoms with E-state index in [1.807, 2.05) is 6.07 Å². The van der Waals surface area contributed by atoms with Crippen LogP contribution in [-0.4, -0.2) is 6.54 Å². The molecule has 102 valence electrons. The van der Waals surface area contributed by atoms with E-state index in [1.165, 1.54) is 38.2 Å². The molecule has 0 unspecified atom stereocenters. The lowest BCUT2D eigenvalue weighted by Gasteiger charge is -2.27. The van der Waals surface area contributed by atoms with Gasteiger partial charge in [0.2, 0.25) is 0 Å². The number of nitrogens with one attached hydrogen (secondary N) is 1. The van der Waals surface area contributed by atoms with Gasteiger partial charge in [0, 0.05) is 13.1 Å². The van der Waals surface area contributed by atoms with Crippen LogP contribution >= 0.6 is 0 Å². The van der Waals surface area contributed by atoms with E-state index in [2.05, 4.69) is 12.2 Å². The SMILES string of the molecule is CCC1(CNCc2ccc(F)c(C#N)c2)CCCC1. The average Bonchev–Trinajstić information content (AvgIpc) is 2.90. The van der Waals surface area contributed by atoms with Gasteiger partial charge in [-0.1, -0.05) is 25.8 Å². The maximum atomic E-state index is 13.2. The molecule has 0 bridgehead atoms. The molecule has 0 radical (unpaired) electrons. The average molecular weight is 260 g/mol. The molecule has 0 amide bonds. The Labute approximate surface area is 114 Å². The van der Waals surface area contributed by atoms with Crippen molar-refractivity contribution in [3.8, 4) is 6.07 Å². The normalized spacial score (nSPS) is 17.3. The molecule has 0 heterocycles. The molecule has 1 saturated carbocycles. The van der Waals surface area contributed by atoms with E-state index in [0.29, 0.717) is 12.0 Å². The second-order valence-electron chi connectivity index (χ2n) is 5.59. The van der Waals surface area contributed by atoms with E-state index in [9.17, 15) is 4.39 Å². The van der Waals surface area contributed by atoms with Gasteiger partial charge in [-0.3, -0.25) is 0 Å². The van der Waals surface area contributed by atoms with Crippen molar-refractivity contribution in [3.05, 3.63) is 35.1 Å². The second-order valence-corrected chi connectivity index (χ2v) is 5.59. The highest BCUT2D eigenvalue weighted by atomic mass is 19.1. The molecule has 0 saturated heterocycles. The first-order valence-corrected chi connectivity index (χ1v) is 7.08. The summed E-state index contributed by atoms with van der Waals surface area (Å²) < 4.78 is 13.2. The van der Waals surface area contributed by atoms with Crippen molar-refractivity contribution >= 4 is 0 Å². The highest BCUT2D eigenvalue weighted by Gasteiger charge is 2.31. The summed E-state index contributed by atoms with van der Waals surface area (Å²) in [5.41, 5.74) is 1.56. The number of halogens is 1. The van der Waals surface area contributed by atoms with Crippen LogP contribution in [-0.2, 0) is 6.54 Å². The maximum Gasteiger partial charge on any atom is 0.140 e. The molecule has 1 N–H and O–H groups in total. The number of rotatable bonds is 5. The number of hydrogen-bond donors (Lipinski definition) is 1. The number of hydrogen-bond acceptors (Lipinski definition) is 2. The number of benzene rings is 1. The molecule has 1 fully saturated rings. The Kier molecular flexibility index (Phi) is 4.55. The van der Waals surface area contributed by atoms with E-state index in [1.54, 1.807) is 12.1 Å². The summed E-state index contributed by atoms with van der Waals surface area (Å²) in [6.07, 6.45) is 6.51. The second kappa shape index (κ2) is 6.16. The van der Waals surface area contributed by atoms with Gasteiger partial charge in [0.05, 0.1) is 5.56 Å². The zero-order valence-corrected chi connectivity index (χ0v) is 11.5. The lowest BCUT2D eigenvalue weighted by molar-refractivity contribution is 0.268. The van der Waals surface area contributed by atoms with Crippen molar-refractivity contribution in [3.63, 3.8) is 0 Å². The van der Waals surface area contributed by atoms with Crippen molar-refractivity contribution in [1.82, 2.24) is 5.32 Å². The minimum atomic E-state index is -0.438. The Balaban J connectivity index is 1.91. The van der Waals surface area contributed by atoms with Crippen LogP contribution in [0.3, 0.4) is 0 Å². The molecule has 0 spiro atoms. The number of nitrogens with zero attached hydrogens (tertiary/aromatic N) is 1. The van der Waals surface area contributed by atoms with Crippen molar-refractivity contribution in [2.24, 2.45) is 5.41 Å². The topological polar surface area (TPSA) is 35.8 Å². The van der Waals surface area contributed by atoms with Gasteiger partial charge < -0.3 is 5.32 Å². The van der Waals surface area contributed by atoms with E-state index in [-0.39, 0.29) is 5.56 Å². The minimum Gasteiger partial charge on any atom is -0.312 e. The van der Waals surface area contributed by atoms with Gasteiger partial charge in [-0.2, -0.15) is 5.26 Å². The Hall–Kier alpha value is -1.40. The molecule has 0 aliphatic heterocycles. The molecule has 2 nitrogen and oxygen atoms in total. The molecule has 3 heteroatoms. The molecule has 1 aromatic rings. The highest BCUT2D eigenvalue weighted by Crippen LogP contribution is 2.40. The summed E-state index contributed by atoms with van der Waals surface area (Å²) in [5, 5.41) is 12.3. The summed E-state index contributed by atoms with van der Waals surface area (Å²) in [5.74, 6) is -0.438. The molecule has 1 aromatic carbocycles. The van der Waals surface area contributed by atoms with Crippen molar-refractivity contribution in [2.45, 2.75) is 45.6 Å². The predicted octanol–water partition coefficient (Wildman–Crippen LogP) is 3.76. The largest absolute Gasteiger partial charge is 0.312 e. The monoisotopic (exact) mass is 260 g/mol. The Morgan fingerprint density at radius 2 is 2.11 bits per heavy atom. The molecule has 0 atom stereocenters. The van der Waals surface area contributed by atoms with Crippen LogP contribution in [0.1, 0.15) is 50.2 Å². The fourth-order valence-corrected chi connectivity index (χ4v) is 3.02. The van der Waals surface area contributed by atoms with Gasteiger partial charge in [0.15, 0.2) is 0 Å². The first kappa shape index (κ1) is 14.0. The lowest BCUT2D eigenvalue weighted by atomic mass is 9.83. The van der Waals surface area contributed by atoms with Crippen LogP contribution in [0, 0.1) is 22.6 Å². The number of nitriles is 1. The van der Waals surface area contributed by atoms with Crippen molar-refractivity contribution in [2.75, 3.05) is 6.54 Å². The predicted molar refractivity (Wildman–Crippen MR) is 74.0 cm³/mol. The van der Waals surface area contributed by atoms with E-state index in [0.717, 1.165) is 12.1 Å². The zero-order chi connectivity index (χ0) is 13.7. The maximum absolute atomic E-state index is 13.2. The smallest absolute Gasteiger partial charge is 0.140 e. The summed E-state index contributed by atoms with van der Waals surface area (Å²) >= 11 is 0. The van der Waals surface area contributed by atoms with Crippen LogP contribution < -0.4 is 5.32 Å². The van der Waals surface area contributed by atoms with Crippen LogP contribution in [0.2, 0.25) is 0 Å². The molecule has 1 aliphatic carbocycles. The minimum absolute atomic E-state index is 0.130. The van der Waals surface area contributed by atoms with Crippen LogP contribution in [0.5, 0.6) is 0 Å². The summed E-state index contributed by atoms with van der Waals surface area (Å²) in [6, 6.07) is 6.64.